The number of fused-ring (bicyclic) bond motifs is 1. The van der Waals surface area contributed by atoms with Crippen LogP contribution < -0.4 is 10.8 Å². The van der Waals surface area contributed by atoms with Gasteiger partial charge in [0.15, 0.2) is 0 Å². The third-order valence-electron chi connectivity index (χ3n) is 7.75. The lowest BCUT2D eigenvalue weighted by Gasteiger charge is -2.19. The fourth-order valence-electron chi connectivity index (χ4n) is 5.56. The second-order valence-electron chi connectivity index (χ2n) is 11.4. The van der Waals surface area contributed by atoms with E-state index in [1.54, 1.807) is 18.2 Å². The van der Waals surface area contributed by atoms with E-state index in [1.165, 1.54) is 0 Å². The average Bonchev–Trinajstić information content (AvgIpc) is 3.39. The summed E-state index contributed by atoms with van der Waals surface area (Å²) >= 11 is 0. The van der Waals surface area contributed by atoms with Gasteiger partial charge >= 0.3 is 5.97 Å². The Bertz CT molecular complexity index is 1800. The number of nitrogens with one attached hydrogen (secondary N) is 2. The molecule has 5 aromatic rings. The summed E-state index contributed by atoms with van der Waals surface area (Å²) in [7, 11) is 0. The van der Waals surface area contributed by atoms with Gasteiger partial charge in [0.25, 0.3) is 5.91 Å². The lowest BCUT2D eigenvalue weighted by atomic mass is 10.0. The van der Waals surface area contributed by atoms with Crippen molar-refractivity contribution in [1.82, 2.24) is 20.3 Å². The van der Waals surface area contributed by atoms with Crippen molar-refractivity contribution in [1.29, 1.82) is 0 Å². The first-order chi connectivity index (χ1) is 22.3. The van der Waals surface area contributed by atoms with Gasteiger partial charge in [0, 0.05) is 31.0 Å². The van der Waals surface area contributed by atoms with Crippen LogP contribution in [-0.4, -0.2) is 38.5 Å². The standard InChI is InChI=1S/C37H38N4O5/c1-3-10-33-39-32-21-30(19-25(2)35(32)41(33)23-27-15-17-29(18-16-27)37(44)45)36(43)38-31(20-26-11-6-4-7-12-26)22-34(42)40-46-24-28-13-8-5-9-14-28/h4-9,11-19,21,31H,3,10,20,22-24H2,1-2H3,(H,38,43)(H,40,42)(H,44,45). The molecule has 1 unspecified atom stereocenters. The Kier molecular flexibility index (Phi) is 10.6. The second-order valence-corrected chi connectivity index (χ2v) is 11.4. The third-order valence-corrected chi connectivity index (χ3v) is 7.75. The molecule has 1 aromatic heterocycles. The maximum atomic E-state index is 13.7. The third kappa shape index (κ3) is 8.25. The van der Waals surface area contributed by atoms with Gasteiger partial charge in [-0.3, -0.25) is 14.4 Å². The lowest BCUT2D eigenvalue weighted by molar-refractivity contribution is -0.135. The fourth-order valence-corrected chi connectivity index (χ4v) is 5.56. The molecule has 0 bridgehead atoms. The highest BCUT2D eigenvalue weighted by Gasteiger charge is 2.21. The summed E-state index contributed by atoms with van der Waals surface area (Å²) in [6, 6.07) is 29.3. The van der Waals surface area contributed by atoms with E-state index in [1.807, 2.05) is 85.8 Å². The first-order valence-electron chi connectivity index (χ1n) is 15.4. The van der Waals surface area contributed by atoms with Crippen molar-refractivity contribution in [2.75, 3.05) is 0 Å². The van der Waals surface area contributed by atoms with Gasteiger partial charge in [-0.05, 0) is 66.3 Å². The number of imidazole rings is 1. The predicted octanol–water partition coefficient (Wildman–Crippen LogP) is 6.02. The topological polar surface area (TPSA) is 123 Å². The van der Waals surface area contributed by atoms with Gasteiger partial charge in [-0.25, -0.2) is 15.3 Å². The molecule has 1 heterocycles. The molecule has 0 aliphatic heterocycles. The van der Waals surface area contributed by atoms with Crippen molar-refractivity contribution in [3.05, 3.63) is 136 Å². The van der Waals surface area contributed by atoms with E-state index in [-0.39, 0.29) is 30.4 Å². The molecule has 2 amide bonds. The van der Waals surface area contributed by atoms with E-state index in [0.29, 0.717) is 24.0 Å². The molecule has 3 N–H and O–H groups in total. The number of carboxylic acids is 1. The summed E-state index contributed by atoms with van der Waals surface area (Å²) < 4.78 is 2.14. The summed E-state index contributed by atoms with van der Waals surface area (Å²) in [5, 5.41) is 12.3. The van der Waals surface area contributed by atoms with Crippen molar-refractivity contribution in [3.8, 4) is 0 Å². The molecule has 5 rings (SSSR count). The molecule has 1 atom stereocenters. The summed E-state index contributed by atoms with van der Waals surface area (Å²) in [6.45, 7) is 4.81. The smallest absolute Gasteiger partial charge is 0.335 e. The molecule has 9 heteroatoms. The lowest BCUT2D eigenvalue weighted by Crippen LogP contribution is -2.40. The summed E-state index contributed by atoms with van der Waals surface area (Å²) in [5.41, 5.74) is 8.63. The highest BCUT2D eigenvalue weighted by atomic mass is 16.6. The van der Waals surface area contributed by atoms with Gasteiger partial charge in [-0.2, -0.15) is 0 Å². The summed E-state index contributed by atoms with van der Waals surface area (Å²) in [6.07, 6.45) is 2.15. The number of aryl methyl sites for hydroxylation is 2. The number of amides is 2. The molecule has 9 nitrogen and oxygen atoms in total. The van der Waals surface area contributed by atoms with E-state index in [0.717, 1.165) is 46.4 Å². The van der Waals surface area contributed by atoms with Crippen LogP contribution >= 0.6 is 0 Å². The quantitative estimate of drug-likeness (QED) is 0.131. The highest BCUT2D eigenvalue weighted by Crippen LogP contribution is 2.25. The van der Waals surface area contributed by atoms with Crippen LogP contribution in [0.1, 0.15) is 68.6 Å². The van der Waals surface area contributed by atoms with Crippen molar-refractivity contribution >= 4 is 28.8 Å². The summed E-state index contributed by atoms with van der Waals surface area (Å²) in [5.74, 6) is -0.687. The molecule has 46 heavy (non-hydrogen) atoms. The van der Waals surface area contributed by atoms with Crippen LogP contribution in [0.15, 0.2) is 97.1 Å². The molecular formula is C37H38N4O5. The van der Waals surface area contributed by atoms with Crippen LogP contribution in [0.25, 0.3) is 11.0 Å². The van der Waals surface area contributed by atoms with Crippen LogP contribution in [0.3, 0.4) is 0 Å². The van der Waals surface area contributed by atoms with E-state index >= 15 is 0 Å². The van der Waals surface area contributed by atoms with E-state index in [2.05, 4.69) is 22.3 Å². The minimum absolute atomic E-state index is 0.0343. The number of hydrogen-bond donors (Lipinski definition) is 3. The summed E-state index contributed by atoms with van der Waals surface area (Å²) in [4.78, 5) is 48.2. The SMILES string of the molecule is CCCc1nc2cc(C(=O)NC(CC(=O)NOCc3ccccc3)Cc3ccccc3)cc(C)c2n1Cc1ccc(C(=O)O)cc1. The molecule has 0 spiro atoms. The van der Waals surface area contributed by atoms with Gasteiger partial charge in [0.1, 0.15) is 5.82 Å². The Morgan fingerprint density at radius 3 is 2.20 bits per heavy atom. The van der Waals surface area contributed by atoms with Crippen LogP contribution in [-0.2, 0) is 35.6 Å². The Morgan fingerprint density at radius 2 is 1.54 bits per heavy atom. The van der Waals surface area contributed by atoms with E-state index < -0.39 is 12.0 Å². The number of hydrogen-bond acceptors (Lipinski definition) is 5. The maximum Gasteiger partial charge on any atom is 0.335 e. The van der Waals surface area contributed by atoms with Crippen LogP contribution in [0, 0.1) is 6.92 Å². The van der Waals surface area contributed by atoms with Gasteiger partial charge in [0.05, 0.1) is 23.2 Å². The Balaban J connectivity index is 1.34. The second kappa shape index (κ2) is 15.1. The number of carboxylic acid groups (broad SMARTS) is 1. The molecule has 0 aliphatic carbocycles. The van der Waals surface area contributed by atoms with Crippen molar-refractivity contribution in [2.45, 2.75) is 58.7 Å². The van der Waals surface area contributed by atoms with Crippen LogP contribution in [0.2, 0.25) is 0 Å². The molecule has 0 saturated carbocycles. The van der Waals surface area contributed by atoms with Crippen molar-refractivity contribution in [3.63, 3.8) is 0 Å². The minimum Gasteiger partial charge on any atom is -0.478 e. The molecule has 4 aromatic carbocycles. The number of nitrogens with zero attached hydrogens (tertiary/aromatic N) is 2. The van der Waals surface area contributed by atoms with Crippen molar-refractivity contribution in [2.24, 2.45) is 0 Å². The highest BCUT2D eigenvalue weighted by molar-refractivity contribution is 5.99. The first-order valence-corrected chi connectivity index (χ1v) is 15.4. The van der Waals surface area contributed by atoms with Gasteiger partial charge in [-0.15, -0.1) is 0 Å². The van der Waals surface area contributed by atoms with Crippen LogP contribution in [0.5, 0.6) is 0 Å². The Hall–Kier alpha value is -5.28. The zero-order valence-corrected chi connectivity index (χ0v) is 26.0. The van der Waals surface area contributed by atoms with E-state index in [9.17, 15) is 19.5 Å². The average molecular weight is 619 g/mol. The maximum absolute atomic E-state index is 13.7. The molecular weight excluding hydrogens is 580 g/mol. The monoisotopic (exact) mass is 618 g/mol. The molecule has 236 valence electrons. The molecule has 0 fully saturated rings. The minimum atomic E-state index is -0.962. The normalized spacial score (nSPS) is 11.7. The number of hydroxylamine groups is 1. The van der Waals surface area contributed by atoms with Gasteiger partial charge in [0.2, 0.25) is 5.91 Å². The van der Waals surface area contributed by atoms with Crippen LogP contribution in [0.4, 0.5) is 0 Å². The number of benzene rings is 4. The van der Waals surface area contributed by atoms with Gasteiger partial charge < -0.3 is 15.0 Å². The molecule has 0 aliphatic rings. The Morgan fingerprint density at radius 1 is 0.870 bits per heavy atom. The van der Waals surface area contributed by atoms with E-state index in [4.69, 9.17) is 9.82 Å². The predicted molar refractivity (Wildman–Crippen MR) is 176 cm³/mol. The number of aromatic carboxylic acids is 1. The first kappa shape index (κ1) is 32.1. The molecule has 0 radical (unpaired) electrons. The molecule has 0 saturated heterocycles. The Labute approximate surface area is 268 Å². The van der Waals surface area contributed by atoms with Crippen molar-refractivity contribution < 1.29 is 24.3 Å². The largest absolute Gasteiger partial charge is 0.478 e. The van der Waals surface area contributed by atoms with Gasteiger partial charge in [-0.1, -0.05) is 79.7 Å². The zero-order chi connectivity index (χ0) is 32.5. The number of carbonyl (C=O) groups is 3. The number of rotatable bonds is 14. The number of aromatic nitrogens is 2. The zero-order valence-electron chi connectivity index (χ0n) is 26.0. The fraction of sp³-hybridized carbons (Fsp3) is 0.243. The number of carbonyl (C=O) groups excluding carboxylic acids is 2.